The van der Waals surface area contributed by atoms with E-state index in [1.165, 1.54) is 12.1 Å². The zero-order chi connectivity index (χ0) is 20.1. The van der Waals surface area contributed by atoms with Gasteiger partial charge in [0.25, 0.3) is 0 Å². The van der Waals surface area contributed by atoms with Gasteiger partial charge in [0.05, 0.1) is 17.7 Å². The number of amides is 1. The van der Waals surface area contributed by atoms with Crippen LogP contribution in [0.3, 0.4) is 0 Å². The van der Waals surface area contributed by atoms with Crippen LogP contribution >= 0.6 is 0 Å². The predicted molar refractivity (Wildman–Crippen MR) is 105 cm³/mol. The molecule has 0 radical (unpaired) electrons. The number of likely N-dealkylation sites (N-methyl/N-ethyl adjacent to an activating group) is 1. The van der Waals surface area contributed by atoms with Crippen molar-refractivity contribution in [2.45, 2.75) is 33.8 Å². The van der Waals surface area contributed by atoms with Gasteiger partial charge in [0.2, 0.25) is 5.91 Å². The van der Waals surface area contributed by atoms with Crippen LogP contribution in [-0.4, -0.2) is 17.6 Å². The van der Waals surface area contributed by atoms with Crippen molar-refractivity contribution < 1.29 is 18.4 Å². The number of aryl methyl sites for hydroxylation is 2. The minimum absolute atomic E-state index is 0.0431. The Bertz CT molecular complexity index is 914. The van der Waals surface area contributed by atoms with Crippen molar-refractivity contribution in [1.29, 1.82) is 0 Å². The Hall–Kier alpha value is -3.15. The van der Waals surface area contributed by atoms with Crippen molar-refractivity contribution in [1.82, 2.24) is 5.16 Å². The van der Waals surface area contributed by atoms with Gasteiger partial charge in [0.1, 0.15) is 23.9 Å². The SMILES string of the molecule is CCN(C(=O)Cc1ccc(OCc2c(C)noc2C)cc1)c1ccc(F)cc1. The Morgan fingerprint density at radius 2 is 1.79 bits per heavy atom. The molecule has 0 saturated carbocycles. The molecule has 0 atom stereocenters. The number of benzene rings is 2. The van der Waals surface area contributed by atoms with Crippen LogP contribution in [0.4, 0.5) is 10.1 Å². The van der Waals surface area contributed by atoms with Crippen LogP contribution in [0.2, 0.25) is 0 Å². The summed E-state index contributed by atoms with van der Waals surface area (Å²) in [5, 5.41) is 3.91. The summed E-state index contributed by atoms with van der Waals surface area (Å²) in [5.74, 6) is 1.10. The Kier molecular flexibility index (Phi) is 6.09. The highest BCUT2D eigenvalue weighted by Crippen LogP contribution is 2.20. The maximum atomic E-state index is 13.1. The van der Waals surface area contributed by atoms with Crippen LogP contribution < -0.4 is 9.64 Å². The zero-order valence-corrected chi connectivity index (χ0v) is 16.2. The van der Waals surface area contributed by atoms with Crippen molar-refractivity contribution >= 4 is 11.6 Å². The number of halogens is 1. The number of aromatic nitrogens is 1. The quantitative estimate of drug-likeness (QED) is 0.599. The molecule has 0 fully saturated rings. The number of anilines is 1. The molecule has 5 nitrogen and oxygen atoms in total. The third kappa shape index (κ3) is 4.57. The number of hydrogen-bond donors (Lipinski definition) is 0. The molecule has 0 saturated heterocycles. The standard InChI is InChI=1S/C22H23FN2O3/c1-4-25(19-9-7-18(23)8-10-19)22(26)13-17-5-11-20(12-6-17)27-14-21-15(2)24-28-16(21)3/h5-12H,4,13-14H2,1-3H3. The number of ether oxygens (including phenoxy) is 1. The summed E-state index contributed by atoms with van der Waals surface area (Å²) < 4.78 is 24.0. The second-order valence-electron chi connectivity index (χ2n) is 6.53. The van der Waals surface area contributed by atoms with Gasteiger partial charge in [-0.25, -0.2) is 4.39 Å². The molecule has 0 N–H and O–H groups in total. The molecule has 6 heteroatoms. The van der Waals surface area contributed by atoms with Crippen molar-refractivity contribution in [2.75, 3.05) is 11.4 Å². The summed E-state index contributed by atoms with van der Waals surface area (Å²) in [6.45, 7) is 6.53. The van der Waals surface area contributed by atoms with E-state index in [9.17, 15) is 9.18 Å². The molecule has 0 spiro atoms. The van der Waals surface area contributed by atoms with E-state index >= 15 is 0 Å². The number of rotatable bonds is 7. The third-order valence-corrected chi connectivity index (χ3v) is 4.60. The van der Waals surface area contributed by atoms with Crippen LogP contribution in [0.1, 0.15) is 29.5 Å². The first-order chi connectivity index (χ1) is 13.5. The summed E-state index contributed by atoms with van der Waals surface area (Å²) in [7, 11) is 0. The van der Waals surface area contributed by atoms with Gasteiger partial charge in [-0.15, -0.1) is 0 Å². The first kappa shape index (κ1) is 19.6. The average Bonchev–Trinajstić information content (AvgIpc) is 3.01. The highest BCUT2D eigenvalue weighted by atomic mass is 19.1. The van der Waals surface area contributed by atoms with E-state index in [0.717, 1.165) is 22.6 Å². The normalized spacial score (nSPS) is 10.7. The second-order valence-corrected chi connectivity index (χ2v) is 6.53. The van der Waals surface area contributed by atoms with E-state index in [4.69, 9.17) is 9.26 Å². The lowest BCUT2D eigenvalue weighted by Gasteiger charge is -2.21. The van der Waals surface area contributed by atoms with Gasteiger partial charge >= 0.3 is 0 Å². The molecule has 3 aromatic rings. The molecule has 3 rings (SSSR count). The minimum Gasteiger partial charge on any atom is -0.489 e. The smallest absolute Gasteiger partial charge is 0.231 e. The zero-order valence-electron chi connectivity index (χ0n) is 16.2. The van der Waals surface area contributed by atoms with Crippen molar-refractivity contribution in [3.8, 4) is 5.75 Å². The molecule has 0 aliphatic rings. The molecule has 0 aliphatic heterocycles. The van der Waals surface area contributed by atoms with E-state index in [1.54, 1.807) is 17.0 Å². The van der Waals surface area contributed by atoms with E-state index in [0.29, 0.717) is 24.6 Å². The van der Waals surface area contributed by atoms with E-state index in [-0.39, 0.29) is 18.1 Å². The maximum absolute atomic E-state index is 13.1. The highest BCUT2D eigenvalue weighted by Gasteiger charge is 2.15. The van der Waals surface area contributed by atoms with Gasteiger partial charge in [0, 0.05) is 12.2 Å². The molecule has 146 valence electrons. The summed E-state index contributed by atoms with van der Waals surface area (Å²) >= 11 is 0. The molecule has 28 heavy (non-hydrogen) atoms. The fourth-order valence-electron chi connectivity index (χ4n) is 2.96. The molecular weight excluding hydrogens is 359 g/mol. The molecule has 0 aliphatic carbocycles. The summed E-state index contributed by atoms with van der Waals surface area (Å²) in [6, 6.07) is 13.4. The fourth-order valence-corrected chi connectivity index (χ4v) is 2.96. The van der Waals surface area contributed by atoms with Crippen LogP contribution in [0, 0.1) is 19.7 Å². The van der Waals surface area contributed by atoms with Crippen LogP contribution in [0.5, 0.6) is 5.75 Å². The van der Waals surface area contributed by atoms with Crippen LogP contribution in [0.15, 0.2) is 53.1 Å². The Labute approximate surface area is 163 Å². The topological polar surface area (TPSA) is 55.6 Å². The van der Waals surface area contributed by atoms with Gasteiger partial charge in [0.15, 0.2) is 0 Å². The van der Waals surface area contributed by atoms with Crippen LogP contribution in [-0.2, 0) is 17.8 Å². The van der Waals surface area contributed by atoms with Gasteiger partial charge in [-0.2, -0.15) is 0 Å². The number of carbonyl (C=O) groups excluding carboxylic acids is 1. The Morgan fingerprint density at radius 3 is 2.36 bits per heavy atom. The van der Waals surface area contributed by atoms with Crippen LogP contribution in [0.25, 0.3) is 0 Å². The predicted octanol–water partition coefficient (Wildman–Crippen LogP) is 4.61. The number of nitrogens with zero attached hydrogens (tertiary/aromatic N) is 2. The maximum Gasteiger partial charge on any atom is 0.231 e. The van der Waals surface area contributed by atoms with Gasteiger partial charge in [-0.05, 0) is 62.7 Å². The molecule has 1 amide bonds. The summed E-state index contributed by atoms with van der Waals surface area (Å²) in [4.78, 5) is 14.3. The minimum atomic E-state index is -0.320. The third-order valence-electron chi connectivity index (χ3n) is 4.60. The van der Waals surface area contributed by atoms with Gasteiger partial charge in [-0.3, -0.25) is 4.79 Å². The van der Waals surface area contributed by atoms with Crippen molar-refractivity contribution in [3.63, 3.8) is 0 Å². The second kappa shape index (κ2) is 8.69. The lowest BCUT2D eigenvalue weighted by atomic mass is 10.1. The first-order valence-electron chi connectivity index (χ1n) is 9.17. The number of carbonyl (C=O) groups is 1. The molecule has 0 unspecified atom stereocenters. The molecule has 1 heterocycles. The van der Waals surface area contributed by atoms with Gasteiger partial charge < -0.3 is 14.2 Å². The Balaban J connectivity index is 1.61. The lowest BCUT2D eigenvalue weighted by Crippen LogP contribution is -2.31. The average molecular weight is 382 g/mol. The molecule has 0 bridgehead atoms. The number of hydrogen-bond acceptors (Lipinski definition) is 4. The van der Waals surface area contributed by atoms with E-state index < -0.39 is 0 Å². The van der Waals surface area contributed by atoms with Crippen molar-refractivity contribution in [2.24, 2.45) is 0 Å². The summed E-state index contributed by atoms with van der Waals surface area (Å²) in [5.41, 5.74) is 3.33. The molecular formula is C22H23FN2O3. The molecule has 1 aromatic heterocycles. The Morgan fingerprint density at radius 1 is 1.11 bits per heavy atom. The van der Waals surface area contributed by atoms with E-state index in [2.05, 4.69) is 5.16 Å². The fraction of sp³-hybridized carbons (Fsp3) is 0.273. The first-order valence-corrected chi connectivity index (χ1v) is 9.17. The highest BCUT2D eigenvalue weighted by molar-refractivity contribution is 5.94. The largest absolute Gasteiger partial charge is 0.489 e. The van der Waals surface area contributed by atoms with Gasteiger partial charge in [-0.1, -0.05) is 17.3 Å². The summed E-state index contributed by atoms with van der Waals surface area (Å²) in [6.07, 6.45) is 0.259. The molecule has 2 aromatic carbocycles. The lowest BCUT2D eigenvalue weighted by molar-refractivity contribution is -0.117. The van der Waals surface area contributed by atoms with Crippen molar-refractivity contribution in [3.05, 3.63) is 76.9 Å². The monoisotopic (exact) mass is 382 g/mol. The van der Waals surface area contributed by atoms with E-state index in [1.807, 2.05) is 45.0 Å².